The molecule has 220 valence electrons. The van der Waals surface area contributed by atoms with Gasteiger partial charge in [-0.25, -0.2) is 12.7 Å². The smallest absolute Gasteiger partial charge is 0.243 e. The zero-order valence-corrected chi connectivity index (χ0v) is 25.1. The largest absolute Gasteiger partial charge is 0.497 e. The average Bonchev–Trinajstić information content (AvgIpc) is 2.98. The number of amides is 2. The van der Waals surface area contributed by atoms with E-state index in [9.17, 15) is 18.0 Å². The predicted molar refractivity (Wildman–Crippen MR) is 161 cm³/mol. The van der Waals surface area contributed by atoms with Crippen LogP contribution in [0.5, 0.6) is 5.75 Å². The van der Waals surface area contributed by atoms with E-state index in [1.807, 2.05) is 68.4 Å². The summed E-state index contributed by atoms with van der Waals surface area (Å²) in [5.74, 6) is 0.467. The number of hydrogen-bond donors (Lipinski definition) is 1. The lowest BCUT2D eigenvalue weighted by atomic mass is 10.0. The van der Waals surface area contributed by atoms with Gasteiger partial charge in [-0.2, -0.15) is 0 Å². The van der Waals surface area contributed by atoms with Crippen LogP contribution in [0.2, 0.25) is 0 Å². The molecule has 0 aliphatic heterocycles. The summed E-state index contributed by atoms with van der Waals surface area (Å²) in [6.45, 7) is 4.91. The molecular weight excluding hydrogens is 538 g/mol. The van der Waals surface area contributed by atoms with E-state index in [0.717, 1.165) is 11.1 Å². The monoisotopic (exact) mass is 579 g/mol. The van der Waals surface area contributed by atoms with Crippen molar-refractivity contribution < 1.29 is 22.7 Å². The Morgan fingerprint density at radius 3 is 2.17 bits per heavy atom. The third kappa shape index (κ3) is 9.43. The standard InChI is InChI=1S/C32H41N3O5S/c1-25(2)23-33-32(37)30(22-26-13-7-5-8-14-26)35(24-27-15-11-16-28(21-27)40-4)31(36)19-12-20-34(3)41(38,39)29-17-9-6-10-18-29/h5-11,13-18,21,25,30H,12,19-20,22-24H2,1-4H3,(H,33,37)/t30-/m0/s1. The van der Waals surface area contributed by atoms with E-state index in [-0.39, 0.29) is 42.1 Å². The van der Waals surface area contributed by atoms with Crippen molar-refractivity contribution in [1.82, 2.24) is 14.5 Å². The van der Waals surface area contributed by atoms with Gasteiger partial charge in [0.2, 0.25) is 21.8 Å². The molecule has 0 aromatic heterocycles. The van der Waals surface area contributed by atoms with Gasteiger partial charge in [-0.3, -0.25) is 9.59 Å². The van der Waals surface area contributed by atoms with Crippen molar-refractivity contribution in [3.63, 3.8) is 0 Å². The highest BCUT2D eigenvalue weighted by molar-refractivity contribution is 7.89. The fraction of sp³-hybridized carbons (Fsp3) is 0.375. The Morgan fingerprint density at radius 2 is 1.54 bits per heavy atom. The molecule has 0 unspecified atom stereocenters. The average molecular weight is 580 g/mol. The Labute approximate surface area is 244 Å². The molecule has 2 amide bonds. The molecule has 9 heteroatoms. The fourth-order valence-electron chi connectivity index (χ4n) is 4.43. The molecule has 3 rings (SSSR count). The lowest BCUT2D eigenvalue weighted by Gasteiger charge is -2.32. The molecule has 0 bridgehead atoms. The Morgan fingerprint density at radius 1 is 0.902 bits per heavy atom. The number of rotatable bonds is 15. The van der Waals surface area contributed by atoms with Gasteiger partial charge in [-0.15, -0.1) is 0 Å². The van der Waals surface area contributed by atoms with E-state index in [2.05, 4.69) is 5.32 Å². The number of nitrogens with zero attached hydrogens (tertiary/aromatic N) is 2. The summed E-state index contributed by atoms with van der Waals surface area (Å²) in [7, 11) is -0.574. The minimum absolute atomic E-state index is 0.0847. The van der Waals surface area contributed by atoms with Crippen molar-refractivity contribution >= 4 is 21.8 Å². The molecule has 3 aromatic carbocycles. The van der Waals surface area contributed by atoms with Gasteiger partial charge in [0.1, 0.15) is 11.8 Å². The van der Waals surface area contributed by atoms with Crippen molar-refractivity contribution in [1.29, 1.82) is 0 Å². The van der Waals surface area contributed by atoms with Crippen LogP contribution in [0.15, 0.2) is 89.8 Å². The van der Waals surface area contributed by atoms with Gasteiger partial charge in [0, 0.05) is 39.5 Å². The quantitative estimate of drug-likeness (QED) is 0.286. The topological polar surface area (TPSA) is 96.0 Å². The van der Waals surface area contributed by atoms with Crippen LogP contribution in [-0.2, 0) is 32.6 Å². The predicted octanol–water partition coefficient (Wildman–Crippen LogP) is 4.51. The van der Waals surface area contributed by atoms with E-state index in [0.29, 0.717) is 25.1 Å². The number of ether oxygens (including phenoxy) is 1. The summed E-state index contributed by atoms with van der Waals surface area (Å²) in [4.78, 5) is 29.2. The highest BCUT2D eigenvalue weighted by atomic mass is 32.2. The first-order valence-corrected chi connectivity index (χ1v) is 15.3. The second-order valence-electron chi connectivity index (χ2n) is 10.5. The van der Waals surface area contributed by atoms with Crippen LogP contribution in [0.3, 0.4) is 0 Å². The first-order valence-electron chi connectivity index (χ1n) is 13.9. The van der Waals surface area contributed by atoms with Crippen LogP contribution < -0.4 is 10.1 Å². The van der Waals surface area contributed by atoms with Crippen molar-refractivity contribution in [3.8, 4) is 5.75 Å². The van der Waals surface area contributed by atoms with Crippen LogP contribution in [0.4, 0.5) is 0 Å². The number of hydrogen-bond acceptors (Lipinski definition) is 5. The molecule has 3 aromatic rings. The molecule has 41 heavy (non-hydrogen) atoms. The maximum absolute atomic E-state index is 13.8. The highest BCUT2D eigenvalue weighted by Gasteiger charge is 2.30. The second-order valence-corrected chi connectivity index (χ2v) is 12.5. The molecule has 1 N–H and O–H groups in total. The maximum atomic E-state index is 13.8. The Kier molecular flexibility index (Phi) is 11.9. The minimum Gasteiger partial charge on any atom is -0.497 e. The normalized spacial score (nSPS) is 12.2. The number of benzene rings is 3. The van der Waals surface area contributed by atoms with E-state index in [1.54, 1.807) is 42.3 Å². The third-order valence-corrected chi connectivity index (χ3v) is 8.63. The molecule has 0 aliphatic carbocycles. The van der Waals surface area contributed by atoms with Crippen LogP contribution in [-0.4, -0.2) is 62.7 Å². The van der Waals surface area contributed by atoms with E-state index in [4.69, 9.17) is 4.74 Å². The molecule has 0 aliphatic rings. The molecule has 0 fully saturated rings. The molecule has 0 radical (unpaired) electrons. The van der Waals surface area contributed by atoms with Crippen molar-refractivity contribution in [2.24, 2.45) is 5.92 Å². The highest BCUT2D eigenvalue weighted by Crippen LogP contribution is 2.20. The molecule has 1 atom stereocenters. The van der Waals surface area contributed by atoms with Crippen LogP contribution in [0.1, 0.15) is 37.8 Å². The van der Waals surface area contributed by atoms with Gasteiger partial charge in [-0.1, -0.05) is 74.5 Å². The van der Waals surface area contributed by atoms with Crippen LogP contribution >= 0.6 is 0 Å². The Balaban J connectivity index is 1.84. The second kappa shape index (κ2) is 15.3. The van der Waals surface area contributed by atoms with Gasteiger partial charge in [-0.05, 0) is 47.7 Å². The molecular formula is C32H41N3O5S. The molecule has 0 spiro atoms. The molecule has 8 nitrogen and oxygen atoms in total. The van der Waals surface area contributed by atoms with Gasteiger partial charge in [0.05, 0.1) is 12.0 Å². The van der Waals surface area contributed by atoms with Crippen molar-refractivity contribution in [3.05, 3.63) is 96.1 Å². The van der Waals surface area contributed by atoms with Crippen LogP contribution in [0, 0.1) is 5.92 Å². The number of methoxy groups -OCH3 is 1. The Hall–Kier alpha value is -3.69. The first kappa shape index (κ1) is 31.8. The SMILES string of the molecule is COc1cccc(CN(C(=O)CCCN(C)S(=O)(=O)c2ccccc2)[C@@H](Cc2ccccc2)C(=O)NCC(C)C)c1. The molecule has 0 saturated heterocycles. The van der Waals surface area contributed by atoms with E-state index < -0.39 is 16.1 Å². The minimum atomic E-state index is -3.67. The van der Waals surface area contributed by atoms with Gasteiger partial charge in [0.15, 0.2) is 0 Å². The summed E-state index contributed by atoms with van der Waals surface area (Å²) in [5, 5.41) is 3.01. The molecule has 0 saturated carbocycles. The summed E-state index contributed by atoms with van der Waals surface area (Å²) in [6.07, 6.45) is 0.742. The summed E-state index contributed by atoms with van der Waals surface area (Å²) >= 11 is 0. The summed E-state index contributed by atoms with van der Waals surface area (Å²) in [5.41, 5.74) is 1.77. The fourth-order valence-corrected chi connectivity index (χ4v) is 5.66. The van der Waals surface area contributed by atoms with E-state index >= 15 is 0 Å². The third-order valence-electron chi connectivity index (χ3n) is 6.76. The number of nitrogens with one attached hydrogen (secondary N) is 1. The zero-order valence-electron chi connectivity index (χ0n) is 24.3. The first-order chi connectivity index (χ1) is 19.6. The lowest BCUT2D eigenvalue weighted by molar-refractivity contribution is -0.141. The molecule has 0 heterocycles. The van der Waals surface area contributed by atoms with Gasteiger partial charge < -0.3 is 15.0 Å². The Bertz CT molecular complexity index is 1360. The number of carbonyl (C=O) groups excluding carboxylic acids is 2. The van der Waals surface area contributed by atoms with Crippen molar-refractivity contribution in [2.45, 2.75) is 50.6 Å². The number of carbonyl (C=O) groups is 2. The number of sulfonamides is 1. The van der Waals surface area contributed by atoms with Gasteiger partial charge in [0.25, 0.3) is 0 Å². The van der Waals surface area contributed by atoms with Crippen LogP contribution in [0.25, 0.3) is 0 Å². The van der Waals surface area contributed by atoms with E-state index in [1.165, 1.54) is 11.4 Å². The van der Waals surface area contributed by atoms with Gasteiger partial charge >= 0.3 is 0 Å². The summed E-state index contributed by atoms with van der Waals surface area (Å²) in [6, 6.07) is 24.5. The lowest BCUT2D eigenvalue weighted by Crippen LogP contribution is -2.51. The zero-order chi connectivity index (χ0) is 29.8. The maximum Gasteiger partial charge on any atom is 0.243 e. The summed E-state index contributed by atoms with van der Waals surface area (Å²) < 4.78 is 32.5. The van der Waals surface area contributed by atoms with Crippen molar-refractivity contribution in [2.75, 3.05) is 27.2 Å².